The van der Waals surface area contributed by atoms with Gasteiger partial charge in [0.05, 0.1) is 6.61 Å². The number of benzene rings is 3. The summed E-state index contributed by atoms with van der Waals surface area (Å²) in [7, 11) is 0. The topological polar surface area (TPSA) is 9.23 Å². The first-order valence-electron chi connectivity index (χ1n) is 15.9. The predicted molar refractivity (Wildman–Crippen MR) is 168 cm³/mol. The Morgan fingerprint density at radius 1 is 0.721 bits per heavy atom. The average Bonchev–Trinajstić information content (AvgIpc) is 3.04. The molecule has 0 amide bonds. The van der Waals surface area contributed by atoms with Crippen LogP contribution in [0.1, 0.15) is 83.6 Å². The van der Waals surface area contributed by atoms with E-state index in [1.54, 1.807) is 36.4 Å². The van der Waals surface area contributed by atoms with Gasteiger partial charge in [-0.05, 0) is 105 Å². The Hall–Kier alpha value is -3.34. The largest absolute Gasteiger partial charge is 0.490 e. The summed E-state index contributed by atoms with van der Waals surface area (Å²) in [5, 5.41) is 0. The van der Waals surface area contributed by atoms with Crippen molar-refractivity contribution in [3.8, 4) is 28.0 Å². The average molecular weight is 591 g/mol. The van der Waals surface area contributed by atoms with Gasteiger partial charge in [0.25, 0.3) is 0 Å². The Bertz CT molecular complexity index is 1450. The molecule has 1 saturated carbocycles. The van der Waals surface area contributed by atoms with Gasteiger partial charge in [-0.15, -0.1) is 0 Å². The van der Waals surface area contributed by atoms with Crippen LogP contribution in [0.5, 0.6) is 5.75 Å². The second-order valence-corrected chi connectivity index (χ2v) is 12.1. The summed E-state index contributed by atoms with van der Waals surface area (Å²) in [5.74, 6) is -1.68. The van der Waals surface area contributed by atoms with E-state index >= 15 is 8.78 Å². The minimum atomic E-state index is -1.04. The molecule has 0 aliphatic heterocycles. The minimum absolute atomic E-state index is 0.0786. The predicted octanol–water partition coefficient (Wildman–Crippen LogP) is 11.7. The van der Waals surface area contributed by atoms with Crippen molar-refractivity contribution in [2.24, 2.45) is 17.8 Å². The third-order valence-corrected chi connectivity index (χ3v) is 9.43. The Morgan fingerprint density at radius 3 is 1.93 bits per heavy atom. The van der Waals surface area contributed by atoms with Gasteiger partial charge < -0.3 is 4.74 Å². The molecule has 43 heavy (non-hydrogen) atoms. The van der Waals surface area contributed by atoms with E-state index in [-0.39, 0.29) is 16.9 Å². The molecular formula is C38H42F4O. The summed E-state index contributed by atoms with van der Waals surface area (Å²) < 4.78 is 65.3. The molecule has 3 aromatic rings. The lowest BCUT2D eigenvalue weighted by atomic mass is 9.70. The fourth-order valence-electron chi connectivity index (χ4n) is 6.90. The summed E-state index contributed by atoms with van der Waals surface area (Å²) in [6, 6.07) is 12.5. The van der Waals surface area contributed by atoms with Crippen molar-refractivity contribution in [3.05, 3.63) is 95.6 Å². The molecule has 0 radical (unpaired) electrons. The van der Waals surface area contributed by atoms with Crippen LogP contribution in [0.15, 0.2) is 66.8 Å². The van der Waals surface area contributed by atoms with E-state index in [1.165, 1.54) is 50.7 Å². The van der Waals surface area contributed by atoms with Gasteiger partial charge in [0.2, 0.25) is 5.82 Å². The van der Waals surface area contributed by atoms with Crippen molar-refractivity contribution in [2.75, 3.05) is 6.61 Å². The van der Waals surface area contributed by atoms with Gasteiger partial charge >= 0.3 is 0 Å². The first kappa shape index (κ1) is 31.1. The summed E-state index contributed by atoms with van der Waals surface area (Å²) in [6.45, 7) is 4.26. The van der Waals surface area contributed by atoms with Crippen LogP contribution in [-0.4, -0.2) is 6.61 Å². The summed E-state index contributed by atoms with van der Waals surface area (Å²) in [5.41, 5.74) is 2.35. The molecule has 5 rings (SSSR count). The third-order valence-electron chi connectivity index (χ3n) is 9.43. The molecule has 1 nitrogen and oxygen atoms in total. The smallest absolute Gasteiger partial charge is 0.201 e. The van der Waals surface area contributed by atoms with E-state index in [2.05, 4.69) is 25.2 Å². The van der Waals surface area contributed by atoms with Gasteiger partial charge in [-0.3, -0.25) is 0 Å². The van der Waals surface area contributed by atoms with Crippen molar-refractivity contribution in [1.29, 1.82) is 0 Å². The van der Waals surface area contributed by atoms with E-state index in [1.807, 2.05) is 6.92 Å². The highest BCUT2D eigenvalue weighted by molar-refractivity contribution is 5.74. The van der Waals surface area contributed by atoms with Crippen molar-refractivity contribution >= 4 is 5.57 Å². The van der Waals surface area contributed by atoms with Crippen LogP contribution in [0.2, 0.25) is 0 Å². The number of hydrogen-bond acceptors (Lipinski definition) is 1. The Morgan fingerprint density at radius 2 is 1.33 bits per heavy atom. The van der Waals surface area contributed by atoms with Crippen molar-refractivity contribution in [3.63, 3.8) is 0 Å². The highest BCUT2D eigenvalue weighted by atomic mass is 19.2. The molecule has 2 aliphatic rings. The lowest BCUT2D eigenvalue weighted by molar-refractivity contribution is 0.190. The lowest BCUT2D eigenvalue weighted by Crippen LogP contribution is -2.23. The van der Waals surface area contributed by atoms with Crippen LogP contribution in [0, 0.1) is 41.0 Å². The zero-order valence-electron chi connectivity index (χ0n) is 25.3. The minimum Gasteiger partial charge on any atom is -0.490 e. The van der Waals surface area contributed by atoms with Crippen LogP contribution in [-0.2, 0) is 0 Å². The van der Waals surface area contributed by atoms with Crippen molar-refractivity contribution in [1.82, 2.24) is 0 Å². The summed E-state index contributed by atoms with van der Waals surface area (Å²) >= 11 is 0. The maximum atomic E-state index is 15.4. The van der Waals surface area contributed by atoms with Gasteiger partial charge in [0, 0.05) is 16.7 Å². The van der Waals surface area contributed by atoms with E-state index < -0.39 is 23.3 Å². The fraction of sp³-hybridized carbons (Fsp3) is 0.421. The highest BCUT2D eigenvalue weighted by Crippen LogP contribution is 2.43. The molecule has 228 valence electrons. The maximum Gasteiger partial charge on any atom is 0.201 e. The van der Waals surface area contributed by atoms with Crippen LogP contribution >= 0.6 is 0 Å². The van der Waals surface area contributed by atoms with Gasteiger partial charge in [-0.1, -0.05) is 74.4 Å². The second-order valence-electron chi connectivity index (χ2n) is 12.1. The first-order chi connectivity index (χ1) is 20.9. The van der Waals surface area contributed by atoms with Gasteiger partial charge in [-0.2, -0.15) is 4.39 Å². The van der Waals surface area contributed by atoms with E-state index in [0.29, 0.717) is 35.6 Å². The van der Waals surface area contributed by atoms with E-state index in [4.69, 9.17) is 4.74 Å². The Balaban J connectivity index is 1.25. The fourth-order valence-corrected chi connectivity index (χ4v) is 6.90. The molecule has 0 heterocycles. The number of hydrogen-bond donors (Lipinski definition) is 0. The van der Waals surface area contributed by atoms with E-state index in [9.17, 15) is 8.78 Å². The van der Waals surface area contributed by atoms with Crippen molar-refractivity contribution < 1.29 is 22.3 Å². The normalized spacial score (nSPS) is 20.8. The molecule has 1 fully saturated rings. The maximum absolute atomic E-state index is 15.4. The number of ether oxygens (including phenoxy) is 1. The van der Waals surface area contributed by atoms with Gasteiger partial charge in [-0.25, -0.2) is 13.2 Å². The van der Waals surface area contributed by atoms with Crippen molar-refractivity contribution in [2.45, 2.75) is 78.1 Å². The molecule has 1 unspecified atom stereocenters. The number of rotatable bonds is 10. The quantitative estimate of drug-likeness (QED) is 0.169. The SMILES string of the molecule is C/C=C/CCC1CCC(C2CC=C(c3ccc(-c4ccc(-c5ccc(OCCC)c(F)c5F)cc4)c(F)c3F)CC2)CC1. The molecule has 3 aromatic carbocycles. The molecule has 0 bridgehead atoms. The lowest BCUT2D eigenvalue weighted by Gasteiger charge is -2.35. The third kappa shape index (κ3) is 7.08. The van der Waals surface area contributed by atoms with Crippen LogP contribution in [0.3, 0.4) is 0 Å². The molecule has 0 spiro atoms. The number of halogens is 4. The zero-order chi connectivity index (χ0) is 30.3. The molecule has 5 heteroatoms. The van der Waals surface area contributed by atoms with Gasteiger partial charge in [0.1, 0.15) is 0 Å². The molecule has 2 aliphatic carbocycles. The van der Waals surface area contributed by atoms with E-state index in [0.717, 1.165) is 36.7 Å². The zero-order valence-corrected chi connectivity index (χ0v) is 25.3. The standard InChI is InChI=1S/C38H42F4O/c1-3-5-6-7-25-8-10-26(11-9-25)27-12-14-28(15-13-27)31-20-21-32(36(40)35(31)39)29-16-18-30(19-17-29)33-22-23-34(43-24-4-2)38(42)37(33)41/h3,5,14,16-23,25-27H,4,6-13,15,24H2,1-2H3/b5-3+. The number of allylic oxidation sites excluding steroid dienone is 4. The second kappa shape index (κ2) is 14.4. The summed E-state index contributed by atoms with van der Waals surface area (Å²) in [6.07, 6.45) is 17.6. The van der Waals surface area contributed by atoms with Crippen LogP contribution < -0.4 is 4.74 Å². The monoisotopic (exact) mass is 590 g/mol. The van der Waals surface area contributed by atoms with Crippen LogP contribution in [0.25, 0.3) is 27.8 Å². The molecule has 0 aromatic heterocycles. The molecule has 0 saturated heterocycles. The molecule has 0 N–H and O–H groups in total. The first-order valence-corrected chi connectivity index (χ1v) is 15.9. The molecule has 1 atom stereocenters. The highest BCUT2D eigenvalue weighted by Gasteiger charge is 2.29. The summed E-state index contributed by atoms with van der Waals surface area (Å²) in [4.78, 5) is 0. The Labute approximate surface area is 253 Å². The van der Waals surface area contributed by atoms with Gasteiger partial charge in [0.15, 0.2) is 23.2 Å². The van der Waals surface area contributed by atoms with Crippen LogP contribution in [0.4, 0.5) is 17.6 Å². The Kier molecular flexibility index (Phi) is 10.4. The molecular weight excluding hydrogens is 548 g/mol.